The molecule has 0 bridgehead atoms. The molecule has 1 aliphatic heterocycles. The van der Waals surface area contributed by atoms with Gasteiger partial charge in [-0.25, -0.2) is 8.42 Å². The molecule has 0 aromatic heterocycles. The van der Waals surface area contributed by atoms with Crippen LogP contribution in [-0.4, -0.2) is 36.4 Å². The number of hydrogen-bond acceptors (Lipinski definition) is 5. The molecule has 1 aromatic rings. The fraction of sp³-hybridized carbons (Fsp3) is 0.385. The molecule has 0 saturated carbocycles. The van der Waals surface area contributed by atoms with Gasteiger partial charge in [-0.3, -0.25) is 9.59 Å². The van der Waals surface area contributed by atoms with Gasteiger partial charge in [0, 0.05) is 4.90 Å². The SMILES string of the molecule is CC[C@@H]1Sc2ccc(S(=O)(=O)CCC(=O)O)cc2NC1=O. The molecule has 0 fully saturated rings. The number of sulfone groups is 1. The number of aliphatic carboxylic acids is 1. The minimum atomic E-state index is -3.67. The maximum atomic E-state index is 12.0. The maximum Gasteiger partial charge on any atom is 0.304 e. The number of carbonyl (C=O) groups excluding carboxylic acids is 1. The first kappa shape index (κ1) is 15.8. The van der Waals surface area contributed by atoms with Gasteiger partial charge in [-0.2, -0.15) is 0 Å². The van der Waals surface area contributed by atoms with Crippen molar-refractivity contribution in [2.24, 2.45) is 0 Å². The Labute approximate surface area is 126 Å². The molecule has 8 heteroatoms. The number of benzene rings is 1. The molecule has 21 heavy (non-hydrogen) atoms. The lowest BCUT2D eigenvalue weighted by Crippen LogP contribution is -2.28. The molecule has 2 N–H and O–H groups in total. The van der Waals surface area contributed by atoms with Crippen molar-refractivity contribution in [2.45, 2.75) is 34.8 Å². The third-order valence-electron chi connectivity index (χ3n) is 3.09. The van der Waals surface area contributed by atoms with Crippen LogP contribution in [0.4, 0.5) is 5.69 Å². The third-order valence-corrected chi connectivity index (χ3v) is 6.24. The number of nitrogens with one attached hydrogen (secondary N) is 1. The van der Waals surface area contributed by atoms with Gasteiger partial charge in [0.2, 0.25) is 5.91 Å². The van der Waals surface area contributed by atoms with E-state index in [4.69, 9.17) is 5.11 Å². The number of hydrogen-bond donors (Lipinski definition) is 2. The van der Waals surface area contributed by atoms with E-state index in [2.05, 4.69) is 5.32 Å². The lowest BCUT2D eigenvalue weighted by molar-refractivity contribution is -0.136. The summed E-state index contributed by atoms with van der Waals surface area (Å²) in [6.45, 7) is 1.91. The lowest BCUT2D eigenvalue weighted by atomic mass is 10.2. The van der Waals surface area contributed by atoms with E-state index in [1.807, 2.05) is 6.92 Å². The molecule has 1 aromatic carbocycles. The Morgan fingerprint density at radius 2 is 2.14 bits per heavy atom. The monoisotopic (exact) mass is 329 g/mol. The van der Waals surface area contributed by atoms with Gasteiger partial charge < -0.3 is 10.4 Å². The molecular weight excluding hydrogens is 314 g/mol. The fourth-order valence-electron chi connectivity index (χ4n) is 1.93. The fourth-order valence-corrected chi connectivity index (χ4v) is 4.21. The predicted molar refractivity (Wildman–Crippen MR) is 79.3 cm³/mol. The van der Waals surface area contributed by atoms with E-state index in [0.717, 1.165) is 4.90 Å². The van der Waals surface area contributed by atoms with Crippen LogP contribution in [0, 0.1) is 0 Å². The summed E-state index contributed by atoms with van der Waals surface area (Å²) in [5, 5.41) is 11.1. The number of amides is 1. The van der Waals surface area contributed by atoms with Gasteiger partial charge >= 0.3 is 5.97 Å². The zero-order chi connectivity index (χ0) is 15.6. The van der Waals surface area contributed by atoms with Crippen LogP contribution in [0.25, 0.3) is 0 Å². The van der Waals surface area contributed by atoms with E-state index in [0.29, 0.717) is 12.1 Å². The van der Waals surface area contributed by atoms with Gasteiger partial charge in [-0.1, -0.05) is 6.92 Å². The highest BCUT2D eigenvalue weighted by atomic mass is 32.2. The highest BCUT2D eigenvalue weighted by Crippen LogP contribution is 2.38. The summed E-state index contributed by atoms with van der Waals surface area (Å²) in [6.07, 6.45) is 0.243. The Bertz CT molecular complexity index is 684. The van der Waals surface area contributed by atoms with Crippen molar-refractivity contribution in [2.75, 3.05) is 11.1 Å². The number of anilines is 1. The summed E-state index contributed by atoms with van der Waals surface area (Å²) in [4.78, 5) is 23.1. The number of fused-ring (bicyclic) bond motifs is 1. The average Bonchev–Trinajstić information content (AvgIpc) is 2.44. The Balaban J connectivity index is 2.28. The topological polar surface area (TPSA) is 101 Å². The number of thioether (sulfide) groups is 1. The average molecular weight is 329 g/mol. The Morgan fingerprint density at radius 3 is 2.76 bits per heavy atom. The summed E-state index contributed by atoms with van der Waals surface area (Å²) in [7, 11) is -3.67. The highest BCUT2D eigenvalue weighted by molar-refractivity contribution is 8.01. The molecule has 0 unspecified atom stereocenters. The first-order chi connectivity index (χ1) is 9.83. The first-order valence-corrected chi connectivity index (χ1v) is 8.93. The molecular formula is C13H15NO5S2. The van der Waals surface area contributed by atoms with Crippen LogP contribution in [0.15, 0.2) is 28.0 Å². The van der Waals surface area contributed by atoms with Crippen molar-refractivity contribution in [1.29, 1.82) is 0 Å². The zero-order valence-electron chi connectivity index (χ0n) is 11.3. The van der Waals surface area contributed by atoms with Gasteiger partial charge in [0.25, 0.3) is 0 Å². The van der Waals surface area contributed by atoms with Gasteiger partial charge in [-0.05, 0) is 24.6 Å². The van der Waals surface area contributed by atoms with Crippen LogP contribution in [0.2, 0.25) is 0 Å². The number of carboxylic acid groups (broad SMARTS) is 1. The molecule has 0 aliphatic carbocycles. The van der Waals surface area contributed by atoms with Crippen LogP contribution in [0.3, 0.4) is 0 Å². The van der Waals surface area contributed by atoms with Crippen molar-refractivity contribution in [1.82, 2.24) is 0 Å². The summed E-state index contributed by atoms with van der Waals surface area (Å²) in [5.41, 5.74) is 0.464. The summed E-state index contributed by atoms with van der Waals surface area (Å²) >= 11 is 1.40. The first-order valence-electron chi connectivity index (χ1n) is 6.39. The Kier molecular flexibility index (Phi) is 4.58. The van der Waals surface area contributed by atoms with Gasteiger partial charge in [-0.15, -0.1) is 11.8 Å². The second kappa shape index (κ2) is 6.07. The summed E-state index contributed by atoms with van der Waals surface area (Å²) in [5.74, 6) is -1.76. The second-order valence-electron chi connectivity index (χ2n) is 4.62. The quantitative estimate of drug-likeness (QED) is 0.853. The van der Waals surface area contributed by atoms with Gasteiger partial charge in [0.1, 0.15) is 0 Å². The predicted octanol–water partition coefficient (Wildman–Crippen LogP) is 1.76. The van der Waals surface area contributed by atoms with Crippen LogP contribution in [-0.2, 0) is 19.4 Å². The molecule has 1 aliphatic rings. The normalized spacial score (nSPS) is 18.0. The molecule has 6 nitrogen and oxygen atoms in total. The molecule has 1 atom stereocenters. The Morgan fingerprint density at radius 1 is 1.43 bits per heavy atom. The summed E-state index contributed by atoms with van der Waals surface area (Å²) in [6, 6.07) is 4.49. The van der Waals surface area contributed by atoms with Gasteiger partial charge in [0.15, 0.2) is 9.84 Å². The second-order valence-corrected chi connectivity index (χ2v) is 7.98. The number of rotatable bonds is 5. The van der Waals surface area contributed by atoms with Crippen molar-refractivity contribution >= 4 is 39.2 Å². The standard InChI is InChI=1S/C13H15NO5S2/c1-2-10-13(17)14-9-7-8(3-4-11(9)20-10)21(18,19)6-5-12(15)16/h3-4,7,10H,2,5-6H2,1H3,(H,14,17)(H,15,16)/t10-/m0/s1. The minimum Gasteiger partial charge on any atom is -0.481 e. The largest absolute Gasteiger partial charge is 0.481 e. The third kappa shape index (κ3) is 3.56. The van der Waals surface area contributed by atoms with Crippen molar-refractivity contribution in [3.05, 3.63) is 18.2 Å². The van der Waals surface area contributed by atoms with Crippen LogP contribution in [0.5, 0.6) is 0 Å². The maximum absolute atomic E-state index is 12.0. The van der Waals surface area contributed by atoms with E-state index in [1.165, 1.54) is 23.9 Å². The molecule has 0 spiro atoms. The van der Waals surface area contributed by atoms with Crippen molar-refractivity contribution in [3.8, 4) is 0 Å². The van der Waals surface area contributed by atoms with E-state index in [1.54, 1.807) is 6.07 Å². The van der Waals surface area contributed by atoms with E-state index in [-0.39, 0.29) is 16.1 Å². The highest BCUT2D eigenvalue weighted by Gasteiger charge is 2.27. The van der Waals surface area contributed by atoms with Gasteiger partial charge in [0.05, 0.1) is 28.0 Å². The van der Waals surface area contributed by atoms with Crippen LogP contribution in [0.1, 0.15) is 19.8 Å². The molecule has 0 saturated heterocycles. The smallest absolute Gasteiger partial charge is 0.304 e. The molecule has 2 rings (SSSR count). The van der Waals surface area contributed by atoms with Crippen molar-refractivity contribution in [3.63, 3.8) is 0 Å². The number of carboxylic acids is 1. The van der Waals surface area contributed by atoms with Crippen LogP contribution < -0.4 is 5.32 Å². The molecule has 0 radical (unpaired) electrons. The van der Waals surface area contributed by atoms with E-state index >= 15 is 0 Å². The molecule has 1 amide bonds. The molecule has 1 heterocycles. The summed E-state index contributed by atoms with van der Waals surface area (Å²) < 4.78 is 24.1. The number of carbonyl (C=O) groups is 2. The minimum absolute atomic E-state index is 0.0262. The zero-order valence-corrected chi connectivity index (χ0v) is 13.0. The lowest BCUT2D eigenvalue weighted by Gasteiger charge is -2.23. The van der Waals surface area contributed by atoms with Crippen LogP contribution >= 0.6 is 11.8 Å². The Hall–Kier alpha value is -1.54. The van der Waals surface area contributed by atoms with E-state index < -0.39 is 28.0 Å². The van der Waals surface area contributed by atoms with Crippen molar-refractivity contribution < 1.29 is 23.1 Å². The van der Waals surface area contributed by atoms with E-state index in [9.17, 15) is 18.0 Å². The molecule has 114 valence electrons.